The molecule has 4 heteroatoms. The number of ether oxygens (including phenoxy) is 2. The Kier molecular flexibility index (Phi) is 2.46. The molecule has 2 aromatic carbocycles. The molecule has 3 aliphatic heterocycles. The Bertz CT molecular complexity index is 1180. The van der Waals surface area contributed by atoms with Gasteiger partial charge < -0.3 is 9.47 Å². The molecule has 0 bridgehead atoms. The van der Waals surface area contributed by atoms with E-state index in [9.17, 15) is 0 Å². The lowest BCUT2D eigenvalue weighted by molar-refractivity contribution is -0.978. The molecule has 1 atom stereocenters. The zero-order valence-electron chi connectivity index (χ0n) is 15.0. The maximum Gasteiger partial charge on any atom is 0.429 e. The van der Waals surface area contributed by atoms with Gasteiger partial charge in [-0.15, -0.1) is 4.57 Å². The molecule has 0 saturated carbocycles. The maximum atomic E-state index is 6.39. The van der Waals surface area contributed by atoms with E-state index in [0.29, 0.717) is 0 Å². The number of rotatable bonds is 0. The molecule has 4 nitrogen and oxygen atoms in total. The Morgan fingerprint density at radius 1 is 0.643 bits per heavy atom. The van der Waals surface area contributed by atoms with E-state index in [1.165, 1.54) is 16.8 Å². The predicted octanol–water partition coefficient (Wildman–Crippen LogP) is 3.67. The molecular weight excluding hydrogens is 348 g/mol. The van der Waals surface area contributed by atoms with Gasteiger partial charge >= 0.3 is 11.5 Å². The molecule has 5 heterocycles. The highest BCUT2D eigenvalue weighted by atomic mass is 16.5. The van der Waals surface area contributed by atoms with Crippen LogP contribution < -0.4 is 18.6 Å². The first kappa shape index (κ1) is 14.4. The Morgan fingerprint density at radius 2 is 1.36 bits per heavy atom. The first-order valence-electron chi connectivity index (χ1n) is 9.50. The fourth-order valence-electron chi connectivity index (χ4n) is 5.09. The van der Waals surface area contributed by atoms with E-state index in [-0.39, 0.29) is 0 Å². The zero-order chi connectivity index (χ0) is 18.3. The summed E-state index contributed by atoms with van der Waals surface area (Å²) in [5, 5.41) is 0. The summed E-state index contributed by atoms with van der Waals surface area (Å²) in [5.74, 6) is 3.41. The molecular formula is C24H16N2O2+2. The van der Waals surface area contributed by atoms with Crippen molar-refractivity contribution < 1.29 is 18.6 Å². The van der Waals surface area contributed by atoms with Crippen LogP contribution in [0.3, 0.4) is 0 Å². The fourth-order valence-corrected chi connectivity index (χ4v) is 5.09. The van der Waals surface area contributed by atoms with Gasteiger partial charge in [0.15, 0.2) is 29.4 Å². The van der Waals surface area contributed by atoms with Crippen molar-refractivity contribution in [1.82, 2.24) is 0 Å². The number of pyridine rings is 2. The van der Waals surface area contributed by atoms with Gasteiger partial charge in [0.25, 0.3) is 0 Å². The van der Waals surface area contributed by atoms with E-state index in [1.54, 1.807) is 0 Å². The SMILES string of the molecule is c1cc2c3c(c1)Oc1cccc4c1C3([n+]1ccccc1C2)[n+]1ccccc1O4. The first-order valence-corrected chi connectivity index (χ1v) is 9.50. The van der Waals surface area contributed by atoms with Crippen LogP contribution in [0.1, 0.15) is 22.4 Å². The third-order valence-electron chi connectivity index (χ3n) is 6.07. The van der Waals surface area contributed by atoms with Crippen molar-refractivity contribution in [3.05, 3.63) is 108 Å². The quantitative estimate of drug-likeness (QED) is 0.384. The third-order valence-corrected chi connectivity index (χ3v) is 6.07. The van der Waals surface area contributed by atoms with Crippen molar-refractivity contribution in [1.29, 1.82) is 0 Å². The summed E-state index contributed by atoms with van der Waals surface area (Å²) in [5.41, 5.74) is 4.22. The van der Waals surface area contributed by atoms with Gasteiger partial charge in [0.05, 0.1) is 12.5 Å². The number of hydrogen-bond donors (Lipinski definition) is 0. The summed E-state index contributed by atoms with van der Waals surface area (Å²) in [6.45, 7) is 0. The molecule has 7 rings (SSSR count). The lowest BCUT2D eigenvalue weighted by atomic mass is 9.78. The van der Waals surface area contributed by atoms with E-state index in [4.69, 9.17) is 9.47 Å². The largest absolute Gasteiger partial charge is 0.455 e. The van der Waals surface area contributed by atoms with Crippen molar-refractivity contribution in [3.8, 4) is 23.1 Å². The highest BCUT2D eigenvalue weighted by Gasteiger charge is 2.67. The average molecular weight is 364 g/mol. The molecule has 0 fully saturated rings. The Hall–Kier alpha value is -3.66. The Balaban J connectivity index is 1.77. The molecule has 0 saturated heterocycles. The van der Waals surface area contributed by atoms with Gasteiger partial charge in [0.1, 0.15) is 17.1 Å². The van der Waals surface area contributed by atoms with Crippen molar-refractivity contribution >= 4 is 0 Å². The second-order valence-electron chi connectivity index (χ2n) is 7.44. The highest BCUT2D eigenvalue weighted by molar-refractivity contribution is 5.63. The molecule has 132 valence electrons. The zero-order valence-corrected chi connectivity index (χ0v) is 15.0. The van der Waals surface area contributed by atoms with E-state index >= 15 is 0 Å². The van der Waals surface area contributed by atoms with Crippen LogP contribution in [0.25, 0.3) is 0 Å². The fraction of sp³-hybridized carbons (Fsp3) is 0.0833. The number of aromatic nitrogens is 2. The van der Waals surface area contributed by atoms with Crippen LogP contribution in [0.4, 0.5) is 0 Å². The van der Waals surface area contributed by atoms with Gasteiger partial charge in [-0.2, -0.15) is 0 Å². The summed E-state index contributed by atoms with van der Waals surface area (Å²) in [6.07, 6.45) is 5.16. The van der Waals surface area contributed by atoms with Crippen LogP contribution in [-0.4, -0.2) is 0 Å². The second-order valence-corrected chi connectivity index (χ2v) is 7.44. The summed E-state index contributed by atoms with van der Waals surface area (Å²) >= 11 is 0. The molecule has 4 aromatic rings. The standard InChI is InChI=1S/C24H16N2O2/c1-3-13-25-17(8-1)15-16-7-5-9-18-22(16)24(25)23-19(27-18)10-6-11-20(23)28-21-12-2-4-14-26(21)24/h1-14H,15H2/q+2. The molecule has 2 aromatic heterocycles. The van der Waals surface area contributed by atoms with Crippen molar-refractivity contribution in [3.63, 3.8) is 0 Å². The van der Waals surface area contributed by atoms with Crippen LogP contribution in [0.15, 0.2) is 85.2 Å². The molecule has 28 heavy (non-hydrogen) atoms. The van der Waals surface area contributed by atoms with Crippen LogP contribution >= 0.6 is 0 Å². The average Bonchev–Trinajstić information content (AvgIpc) is 2.74. The van der Waals surface area contributed by atoms with Gasteiger partial charge in [-0.3, -0.25) is 0 Å². The predicted molar refractivity (Wildman–Crippen MR) is 101 cm³/mol. The number of benzene rings is 2. The molecule has 1 spiro atoms. The number of nitrogens with zero attached hydrogens (tertiary/aromatic N) is 2. The molecule has 3 aliphatic rings. The monoisotopic (exact) mass is 364 g/mol. The van der Waals surface area contributed by atoms with E-state index in [0.717, 1.165) is 35.1 Å². The number of hydrogen-bond acceptors (Lipinski definition) is 2. The van der Waals surface area contributed by atoms with Crippen LogP contribution in [0.2, 0.25) is 0 Å². The molecule has 1 unspecified atom stereocenters. The lowest BCUT2D eigenvalue weighted by Crippen LogP contribution is -2.78. The molecule has 0 radical (unpaired) electrons. The van der Waals surface area contributed by atoms with E-state index in [2.05, 4.69) is 64.0 Å². The van der Waals surface area contributed by atoms with Crippen molar-refractivity contribution in [2.75, 3.05) is 0 Å². The van der Waals surface area contributed by atoms with Gasteiger partial charge in [-0.05, 0) is 29.8 Å². The summed E-state index contributed by atoms with van der Waals surface area (Å²) in [7, 11) is 0. The number of fused-ring (bicyclic) bond motifs is 2. The smallest absolute Gasteiger partial charge is 0.429 e. The second kappa shape index (κ2) is 4.78. The minimum absolute atomic E-state index is 0.570. The topological polar surface area (TPSA) is 26.2 Å². The van der Waals surface area contributed by atoms with Gasteiger partial charge in [0, 0.05) is 18.2 Å². The van der Waals surface area contributed by atoms with Crippen LogP contribution in [0, 0.1) is 0 Å². The lowest BCUT2D eigenvalue weighted by Gasteiger charge is -2.38. The highest BCUT2D eigenvalue weighted by Crippen LogP contribution is 2.53. The maximum absolute atomic E-state index is 6.39. The minimum atomic E-state index is -0.570. The normalized spacial score (nSPS) is 19.3. The Labute approximate surface area is 161 Å². The van der Waals surface area contributed by atoms with Gasteiger partial charge in [-0.1, -0.05) is 28.8 Å². The molecule has 0 amide bonds. The summed E-state index contributed by atoms with van der Waals surface area (Å²) in [6, 6.07) is 25.0. The molecule has 0 aliphatic carbocycles. The summed E-state index contributed by atoms with van der Waals surface area (Å²) in [4.78, 5) is 0. The van der Waals surface area contributed by atoms with Crippen LogP contribution in [-0.2, 0) is 12.1 Å². The van der Waals surface area contributed by atoms with E-state index < -0.39 is 5.66 Å². The molecule has 0 N–H and O–H groups in total. The van der Waals surface area contributed by atoms with Gasteiger partial charge in [0.2, 0.25) is 0 Å². The summed E-state index contributed by atoms with van der Waals surface area (Å²) < 4.78 is 17.3. The third kappa shape index (κ3) is 1.50. The first-order chi connectivity index (χ1) is 13.9. The van der Waals surface area contributed by atoms with Crippen molar-refractivity contribution in [2.24, 2.45) is 0 Å². The van der Waals surface area contributed by atoms with Crippen molar-refractivity contribution in [2.45, 2.75) is 12.1 Å². The van der Waals surface area contributed by atoms with Gasteiger partial charge in [-0.25, -0.2) is 0 Å². The Morgan fingerprint density at radius 3 is 2.25 bits per heavy atom. The van der Waals surface area contributed by atoms with E-state index in [1.807, 2.05) is 30.3 Å². The van der Waals surface area contributed by atoms with Crippen LogP contribution in [0.5, 0.6) is 23.1 Å². The minimum Gasteiger partial charge on any atom is -0.455 e.